The van der Waals surface area contributed by atoms with E-state index in [9.17, 15) is 0 Å². The highest BCUT2D eigenvalue weighted by Gasteiger charge is 2.12. The summed E-state index contributed by atoms with van der Waals surface area (Å²) in [6.07, 6.45) is 0. The molecule has 0 radical (unpaired) electrons. The van der Waals surface area contributed by atoms with Crippen molar-refractivity contribution in [2.24, 2.45) is 0 Å². The van der Waals surface area contributed by atoms with Gasteiger partial charge in [0.05, 0.1) is 13.2 Å². The summed E-state index contributed by atoms with van der Waals surface area (Å²) in [5.41, 5.74) is 2.29. The van der Waals surface area contributed by atoms with Gasteiger partial charge in [0.1, 0.15) is 0 Å². The fraction of sp³-hybridized carbons (Fsp3) is 0.143. The van der Waals surface area contributed by atoms with Crippen LogP contribution in [-0.4, -0.2) is 17.2 Å². The zero-order valence-electron chi connectivity index (χ0n) is 10.3. The first-order valence-electron chi connectivity index (χ1n) is 5.93. The Bertz CT molecular complexity index is 531. The number of benzene rings is 2. The van der Waals surface area contributed by atoms with E-state index in [1.165, 1.54) is 6.07 Å². The van der Waals surface area contributed by atoms with E-state index in [0.29, 0.717) is 23.7 Å². The van der Waals surface area contributed by atoms with E-state index in [1.54, 1.807) is 12.1 Å². The molecule has 0 aliphatic carbocycles. The average Bonchev–Trinajstić information content (AvgIpc) is 2.41. The molecule has 0 atom stereocenters. The summed E-state index contributed by atoms with van der Waals surface area (Å²) in [6, 6.07) is 14.8. The molecule has 0 spiro atoms. The third-order valence-electron chi connectivity index (χ3n) is 2.74. The van der Waals surface area contributed by atoms with E-state index in [4.69, 9.17) is 26.4 Å². The largest absolute Gasteiger partial charge is 0.488 e. The summed E-state index contributed by atoms with van der Waals surface area (Å²) in [6.45, 7) is 0.900. The number of rotatable bonds is 5. The molecule has 0 aliphatic rings. The molecule has 0 unspecified atom stereocenters. The van der Waals surface area contributed by atoms with Gasteiger partial charge in [0.25, 0.3) is 0 Å². The molecule has 0 amide bonds. The van der Waals surface area contributed by atoms with Crippen molar-refractivity contribution in [2.75, 3.05) is 0 Å². The molecule has 0 aromatic heterocycles. The summed E-state index contributed by atoms with van der Waals surface area (Å²) in [4.78, 5) is 0. The molecule has 0 fully saturated rings. The van der Waals surface area contributed by atoms with Crippen molar-refractivity contribution in [3.05, 3.63) is 64.7 Å². The first kappa shape index (κ1) is 14.1. The molecule has 98 valence electrons. The van der Waals surface area contributed by atoms with Crippen LogP contribution in [0.3, 0.4) is 0 Å². The van der Waals surface area contributed by atoms with Gasteiger partial charge in [-0.3, -0.25) is 0 Å². The van der Waals surface area contributed by atoms with Gasteiger partial charge in [-0.2, -0.15) is 0 Å². The standard InChI is InChI=1S/C14H14BClO3/c16-14-8-13(15(17)18)7-6-12(14)10-19-9-11-4-2-1-3-5-11/h1-8,17-18H,9-10H2. The number of hydrogen-bond acceptors (Lipinski definition) is 3. The molecular formula is C14H14BClO3. The number of ether oxygens (including phenoxy) is 1. The monoisotopic (exact) mass is 276 g/mol. The van der Waals surface area contributed by atoms with Crippen molar-refractivity contribution in [3.8, 4) is 0 Å². The third-order valence-corrected chi connectivity index (χ3v) is 3.10. The Labute approximate surface area is 117 Å². The SMILES string of the molecule is OB(O)c1ccc(COCc2ccccc2)c(Cl)c1. The fourth-order valence-electron chi connectivity index (χ4n) is 1.69. The maximum atomic E-state index is 9.03. The second-order valence-electron chi connectivity index (χ2n) is 4.20. The highest BCUT2D eigenvalue weighted by Crippen LogP contribution is 2.16. The van der Waals surface area contributed by atoms with Gasteiger partial charge in [0.15, 0.2) is 0 Å². The summed E-state index contributed by atoms with van der Waals surface area (Å²) >= 11 is 6.05. The second-order valence-corrected chi connectivity index (χ2v) is 4.61. The normalized spacial score (nSPS) is 10.5. The minimum Gasteiger partial charge on any atom is -0.423 e. The zero-order valence-corrected chi connectivity index (χ0v) is 11.0. The lowest BCUT2D eigenvalue weighted by Gasteiger charge is -2.08. The van der Waals surface area contributed by atoms with Gasteiger partial charge >= 0.3 is 7.12 Å². The quantitative estimate of drug-likeness (QED) is 0.818. The van der Waals surface area contributed by atoms with Gasteiger partial charge in [-0.15, -0.1) is 0 Å². The van der Waals surface area contributed by atoms with Crippen LogP contribution in [0.15, 0.2) is 48.5 Å². The molecule has 3 nitrogen and oxygen atoms in total. The van der Waals surface area contributed by atoms with Crippen molar-refractivity contribution >= 4 is 24.2 Å². The van der Waals surface area contributed by atoms with Crippen molar-refractivity contribution in [2.45, 2.75) is 13.2 Å². The Morgan fingerprint density at radius 2 is 1.74 bits per heavy atom. The first-order valence-corrected chi connectivity index (χ1v) is 6.31. The summed E-state index contributed by atoms with van der Waals surface area (Å²) in [5.74, 6) is 0. The van der Waals surface area contributed by atoms with Crippen LogP contribution < -0.4 is 5.46 Å². The smallest absolute Gasteiger partial charge is 0.423 e. The molecule has 2 aromatic rings. The molecule has 2 N–H and O–H groups in total. The fourth-order valence-corrected chi connectivity index (χ4v) is 1.94. The Morgan fingerprint density at radius 1 is 1.00 bits per heavy atom. The topological polar surface area (TPSA) is 49.7 Å². The van der Waals surface area contributed by atoms with E-state index in [0.717, 1.165) is 11.1 Å². The Morgan fingerprint density at radius 3 is 2.37 bits per heavy atom. The number of hydrogen-bond donors (Lipinski definition) is 2. The molecule has 0 heterocycles. The van der Waals surface area contributed by atoms with Crippen molar-refractivity contribution in [1.29, 1.82) is 0 Å². The van der Waals surface area contributed by atoms with Crippen LogP contribution in [0, 0.1) is 0 Å². The number of halogens is 1. The van der Waals surface area contributed by atoms with Gasteiger partial charge in [-0.1, -0.05) is 54.1 Å². The minimum absolute atomic E-state index is 0.372. The highest BCUT2D eigenvalue weighted by atomic mass is 35.5. The van der Waals surface area contributed by atoms with Crippen molar-refractivity contribution in [1.82, 2.24) is 0 Å². The first-order chi connectivity index (χ1) is 9.16. The molecule has 0 bridgehead atoms. The third kappa shape index (κ3) is 4.08. The Hall–Kier alpha value is -1.33. The lowest BCUT2D eigenvalue weighted by atomic mass is 9.80. The molecule has 2 rings (SSSR count). The van der Waals surface area contributed by atoms with Gasteiger partial charge in [0.2, 0.25) is 0 Å². The summed E-state index contributed by atoms with van der Waals surface area (Å²) in [7, 11) is -1.50. The van der Waals surface area contributed by atoms with Crippen LogP contribution >= 0.6 is 11.6 Å². The van der Waals surface area contributed by atoms with Crippen LogP contribution in [0.1, 0.15) is 11.1 Å². The molecule has 0 aliphatic heterocycles. The predicted molar refractivity (Wildman–Crippen MR) is 76.2 cm³/mol. The molecule has 0 saturated heterocycles. The van der Waals surface area contributed by atoms with Gasteiger partial charge in [-0.05, 0) is 22.7 Å². The molecule has 2 aromatic carbocycles. The zero-order chi connectivity index (χ0) is 13.7. The van der Waals surface area contributed by atoms with Gasteiger partial charge in [0, 0.05) is 5.02 Å². The average molecular weight is 277 g/mol. The van der Waals surface area contributed by atoms with E-state index in [1.807, 2.05) is 30.3 Å². The molecule has 5 heteroatoms. The van der Waals surface area contributed by atoms with Crippen LogP contribution in [0.2, 0.25) is 5.02 Å². The van der Waals surface area contributed by atoms with Crippen LogP contribution in [0.5, 0.6) is 0 Å². The molecule has 19 heavy (non-hydrogen) atoms. The van der Waals surface area contributed by atoms with Crippen LogP contribution in [-0.2, 0) is 18.0 Å². The van der Waals surface area contributed by atoms with E-state index in [2.05, 4.69) is 0 Å². The van der Waals surface area contributed by atoms with Crippen LogP contribution in [0.25, 0.3) is 0 Å². The summed E-state index contributed by atoms with van der Waals surface area (Å²) in [5, 5.41) is 18.5. The van der Waals surface area contributed by atoms with E-state index in [-0.39, 0.29) is 0 Å². The highest BCUT2D eigenvalue weighted by molar-refractivity contribution is 6.59. The Kier molecular flexibility index (Phi) is 4.99. The maximum Gasteiger partial charge on any atom is 0.488 e. The molecule has 0 saturated carbocycles. The van der Waals surface area contributed by atoms with Gasteiger partial charge < -0.3 is 14.8 Å². The minimum atomic E-state index is -1.50. The lowest BCUT2D eigenvalue weighted by molar-refractivity contribution is 0.107. The van der Waals surface area contributed by atoms with Crippen molar-refractivity contribution < 1.29 is 14.8 Å². The van der Waals surface area contributed by atoms with E-state index >= 15 is 0 Å². The Balaban J connectivity index is 1.93. The van der Waals surface area contributed by atoms with Gasteiger partial charge in [-0.25, -0.2) is 0 Å². The van der Waals surface area contributed by atoms with Crippen LogP contribution in [0.4, 0.5) is 0 Å². The lowest BCUT2D eigenvalue weighted by Crippen LogP contribution is -2.29. The summed E-state index contributed by atoms with van der Waals surface area (Å²) < 4.78 is 5.58. The van der Waals surface area contributed by atoms with E-state index < -0.39 is 7.12 Å². The predicted octanol–water partition coefficient (Wildman–Crippen LogP) is 1.74. The second kappa shape index (κ2) is 6.73. The maximum absolute atomic E-state index is 9.03. The molecular weight excluding hydrogens is 262 g/mol. The van der Waals surface area contributed by atoms with Crippen molar-refractivity contribution in [3.63, 3.8) is 0 Å².